The first-order valence-corrected chi connectivity index (χ1v) is 11.8. The van der Waals surface area contributed by atoms with E-state index in [9.17, 15) is 13.2 Å². The molecule has 0 aliphatic carbocycles. The van der Waals surface area contributed by atoms with Crippen molar-refractivity contribution in [2.75, 3.05) is 26.6 Å². The standard InChI is InChI=1S/C22H21NO6S2/c1-27-16-9-13(10-17(28-2)21(16)29-3)15-11-19(24)23-20-18(12-30-22(15)20)31(25,26)14-7-5-4-6-8-14/h4-10,12,15H,11H2,1-3H3,(H,23,24)/t15-/m1/s1. The first-order chi connectivity index (χ1) is 14.9. The van der Waals surface area contributed by atoms with Gasteiger partial charge in [-0.25, -0.2) is 8.42 Å². The third-order valence-electron chi connectivity index (χ3n) is 5.19. The minimum atomic E-state index is -3.78. The predicted molar refractivity (Wildman–Crippen MR) is 117 cm³/mol. The molecule has 162 valence electrons. The molecule has 2 aromatic carbocycles. The molecule has 4 rings (SSSR count). The Kier molecular flexibility index (Phi) is 5.63. The van der Waals surface area contributed by atoms with Gasteiger partial charge in [-0.15, -0.1) is 11.3 Å². The Morgan fingerprint density at radius 1 is 1.00 bits per heavy atom. The maximum atomic E-state index is 13.2. The number of anilines is 1. The second-order valence-corrected chi connectivity index (χ2v) is 9.75. The lowest BCUT2D eigenvalue weighted by molar-refractivity contribution is -0.116. The van der Waals surface area contributed by atoms with Crippen LogP contribution in [0.2, 0.25) is 0 Å². The van der Waals surface area contributed by atoms with Crippen molar-refractivity contribution in [3.63, 3.8) is 0 Å². The smallest absolute Gasteiger partial charge is 0.225 e. The van der Waals surface area contributed by atoms with Crippen molar-refractivity contribution in [1.82, 2.24) is 0 Å². The highest BCUT2D eigenvalue weighted by atomic mass is 32.2. The van der Waals surface area contributed by atoms with Crippen LogP contribution in [0.15, 0.2) is 57.6 Å². The molecule has 7 nitrogen and oxygen atoms in total. The summed E-state index contributed by atoms with van der Waals surface area (Å²) in [5, 5.41) is 4.36. The molecule has 0 unspecified atom stereocenters. The van der Waals surface area contributed by atoms with Crippen molar-refractivity contribution in [2.24, 2.45) is 0 Å². The van der Waals surface area contributed by atoms with Gasteiger partial charge < -0.3 is 19.5 Å². The van der Waals surface area contributed by atoms with Crippen molar-refractivity contribution in [3.05, 3.63) is 58.3 Å². The molecule has 2 heterocycles. The summed E-state index contributed by atoms with van der Waals surface area (Å²) >= 11 is 1.31. The van der Waals surface area contributed by atoms with Crippen LogP contribution in [0.4, 0.5) is 5.69 Å². The van der Waals surface area contributed by atoms with Crippen LogP contribution >= 0.6 is 11.3 Å². The summed E-state index contributed by atoms with van der Waals surface area (Å²) in [6.07, 6.45) is 0.178. The number of hydrogen-bond acceptors (Lipinski definition) is 7. The fourth-order valence-corrected chi connectivity index (χ4v) is 6.63. The second kappa shape index (κ2) is 8.24. The van der Waals surface area contributed by atoms with Gasteiger partial charge in [0.2, 0.25) is 21.5 Å². The van der Waals surface area contributed by atoms with Crippen LogP contribution in [0.25, 0.3) is 0 Å². The van der Waals surface area contributed by atoms with Crippen molar-refractivity contribution in [2.45, 2.75) is 22.1 Å². The summed E-state index contributed by atoms with van der Waals surface area (Å²) in [5.74, 6) is 0.792. The molecule has 0 radical (unpaired) electrons. The number of fused-ring (bicyclic) bond motifs is 1. The summed E-state index contributed by atoms with van der Waals surface area (Å²) in [7, 11) is 0.791. The molecule has 3 aromatic rings. The lowest BCUT2D eigenvalue weighted by Gasteiger charge is -2.25. The zero-order valence-corrected chi connectivity index (χ0v) is 18.8. The lowest BCUT2D eigenvalue weighted by atomic mass is 9.90. The van der Waals surface area contributed by atoms with E-state index in [0.29, 0.717) is 22.9 Å². The van der Waals surface area contributed by atoms with Gasteiger partial charge in [-0.1, -0.05) is 18.2 Å². The molecule has 0 saturated carbocycles. The summed E-state index contributed by atoms with van der Waals surface area (Å²) in [5.41, 5.74) is 1.11. The van der Waals surface area contributed by atoms with Gasteiger partial charge in [0, 0.05) is 22.6 Å². The number of rotatable bonds is 6. The van der Waals surface area contributed by atoms with E-state index in [1.165, 1.54) is 32.7 Å². The third-order valence-corrected chi connectivity index (χ3v) is 8.23. The molecule has 31 heavy (non-hydrogen) atoms. The number of nitrogens with one attached hydrogen (secondary N) is 1. The van der Waals surface area contributed by atoms with E-state index < -0.39 is 9.84 Å². The van der Waals surface area contributed by atoms with Gasteiger partial charge in [-0.05, 0) is 29.8 Å². The highest BCUT2D eigenvalue weighted by molar-refractivity contribution is 7.91. The van der Waals surface area contributed by atoms with Crippen LogP contribution in [0.3, 0.4) is 0 Å². The van der Waals surface area contributed by atoms with Crippen LogP contribution in [-0.2, 0) is 14.6 Å². The van der Waals surface area contributed by atoms with Crippen molar-refractivity contribution in [3.8, 4) is 17.2 Å². The van der Waals surface area contributed by atoms with Gasteiger partial charge in [0.15, 0.2) is 11.5 Å². The van der Waals surface area contributed by atoms with Crippen LogP contribution in [-0.4, -0.2) is 35.7 Å². The zero-order valence-electron chi connectivity index (χ0n) is 17.2. The SMILES string of the molecule is COc1cc([C@H]2CC(=O)Nc3c(S(=O)(=O)c4ccccc4)csc32)cc(OC)c1OC. The number of ether oxygens (including phenoxy) is 3. The molecule has 0 fully saturated rings. The van der Waals surface area contributed by atoms with Gasteiger partial charge in [-0.3, -0.25) is 4.79 Å². The number of hydrogen-bond donors (Lipinski definition) is 1. The zero-order chi connectivity index (χ0) is 22.2. The van der Waals surface area contributed by atoms with Gasteiger partial charge >= 0.3 is 0 Å². The summed E-state index contributed by atoms with van der Waals surface area (Å²) in [6, 6.07) is 11.8. The third kappa shape index (κ3) is 3.64. The van der Waals surface area contributed by atoms with Crippen LogP contribution < -0.4 is 19.5 Å². The second-order valence-electron chi connectivity index (χ2n) is 6.92. The molecule has 0 saturated heterocycles. The monoisotopic (exact) mass is 459 g/mol. The highest BCUT2D eigenvalue weighted by Gasteiger charge is 2.35. The van der Waals surface area contributed by atoms with Crippen LogP contribution in [0.1, 0.15) is 22.8 Å². The molecule has 0 bridgehead atoms. The van der Waals surface area contributed by atoms with E-state index in [0.717, 1.165) is 10.4 Å². The van der Waals surface area contributed by atoms with Crippen molar-refractivity contribution in [1.29, 1.82) is 0 Å². The molecule has 1 amide bonds. The molecular weight excluding hydrogens is 438 g/mol. The van der Waals surface area contributed by atoms with Crippen molar-refractivity contribution < 1.29 is 27.4 Å². The number of carbonyl (C=O) groups excluding carboxylic acids is 1. The minimum Gasteiger partial charge on any atom is -0.493 e. The Hall–Kier alpha value is -3.04. The highest BCUT2D eigenvalue weighted by Crippen LogP contribution is 2.48. The molecule has 1 aliphatic rings. The maximum absolute atomic E-state index is 13.2. The average Bonchev–Trinajstić information content (AvgIpc) is 3.22. The Morgan fingerprint density at radius 3 is 2.23 bits per heavy atom. The quantitative estimate of drug-likeness (QED) is 0.597. The largest absolute Gasteiger partial charge is 0.493 e. The van der Waals surface area contributed by atoms with Gasteiger partial charge in [0.25, 0.3) is 0 Å². The number of benzene rings is 2. The predicted octanol–water partition coefficient (Wildman–Crippen LogP) is 4.08. The molecular formula is C22H21NO6S2. The molecule has 1 atom stereocenters. The summed E-state index contributed by atoms with van der Waals surface area (Å²) < 4.78 is 42.7. The minimum absolute atomic E-state index is 0.101. The maximum Gasteiger partial charge on any atom is 0.225 e. The van der Waals surface area contributed by atoms with Crippen molar-refractivity contribution >= 4 is 32.8 Å². The number of carbonyl (C=O) groups is 1. The molecule has 0 spiro atoms. The van der Waals surface area contributed by atoms with E-state index in [2.05, 4.69) is 5.32 Å². The Morgan fingerprint density at radius 2 is 1.65 bits per heavy atom. The van der Waals surface area contributed by atoms with Gasteiger partial charge in [-0.2, -0.15) is 0 Å². The molecule has 1 aromatic heterocycles. The van der Waals surface area contributed by atoms with E-state index >= 15 is 0 Å². The first kappa shape index (κ1) is 21.2. The molecule has 1 N–H and O–H groups in total. The normalized spacial score (nSPS) is 15.7. The van der Waals surface area contributed by atoms with E-state index in [1.807, 2.05) is 0 Å². The Labute approximate surface area is 184 Å². The van der Waals surface area contributed by atoms with E-state index in [1.54, 1.807) is 47.8 Å². The van der Waals surface area contributed by atoms with Gasteiger partial charge in [0.1, 0.15) is 4.90 Å². The summed E-state index contributed by atoms with van der Waals surface area (Å²) in [4.78, 5) is 13.6. The van der Waals surface area contributed by atoms with Crippen LogP contribution in [0.5, 0.6) is 17.2 Å². The van der Waals surface area contributed by atoms with E-state index in [4.69, 9.17) is 14.2 Å². The van der Waals surface area contributed by atoms with Gasteiger partial charge in [0.05, 0.1) is 31.9 Å². The summed E-state index contributed by atoms with van der Waals surface area (Å²) in [6.45, 7) is 0. The fourth-order valence-electron chi connectivity index (χ4n) is 3.70. The Bertz CT molecular complexity index is 1210. The number of amides is 1. The Balaban J connectivity index is 1.85. The first-order valence-electron chi connectivity index (χ1n) is 9.42. The number of thiophene rings is 1. The number of methoxy groups -OCH3 is 3. The van der Waals surface area contributed by atoms with Crippen LogP contribution in [0, 0.1) is 0 Å². The molecule has 9 heteroatoms. The van der Waals surface area contributed by atoms with E-state index in [-0.39, 0.29) is 28.0 Å². The number of sulfone groups is 1. The average molecular weight is 460 g/mol. The topological polar surface area (TPSA) is 90.9 Å². The fraction of sp³-hybridized carbons (Fsp3) is 0.227. The lowest BCUT2D eigenvalue weighted by Crippen LogP contribution is -2.23. The molecule has 1 aliphatic heterocycles.